The Morgan fingerprint density at radius 2 is 1.69 bits per heavy atom. The molecular formula is C30H31N3O6. The van der Waals surface area contributed by atoms with Crippen LogP contribution in [0.1, 0.15) is 34.8 Å². The van der Waals surface area contributed by atoms with Crippen molar-refractivity contribution in [1.29, 1.82) is 0 Å². The molecule has 0 aliphatic carbocycles. The number of methoxy groups -OCH3 is 2. The molecule has 3 amide bonds. The molecule has 1 unspecified atom stereocenters. The highest BCUT2D eigenvalue weighted by Gasteiger charge is 2.38. The van der Waals surface area contributed by atoms with Crippen molar-refractivity contribution in [2.24, 2.45) is 0 Å². The van der Waals surface area contributed by atoms with Gasteiger partial charge in [0.05, 0.1) is 31.2 Å². The first-order valence-corrected chi connectivity index (χ1v) is 12.6. The largest absolute Gasteiger partial charge is 0.497 e. The van der Waals surface area contributed by atoms with Crippen molar-refractivity contribution >= 4 is 34.9 Å². The number of nitrogens with one attached hydrogen (secondary N) is 1. The quantitative estimate of drug-likeness (QED) is 0.398. The van der Waals surface area contributed by atoms with Crippen LogP contribution in [0.25, 0.3) is 0 Å². The van der Waals surface area contributed by atoms with Crippen molar-refractivity contribution < 1.29 is 28.7 Å². The molecule has 0 radical (unpaired) electrons. The van der Waals surface area contributed by atoms with Crippen molar-refractivity contribution in [2.75, 3.05) is 31.0 Å². The SMILES string of the molecule is CCC(C(=O)Nc1ccc(OC)cc1OC)N(Cc1ccc(C)cc1)C(=O)CN1C(=O)C(=O)c2ccccc21. The van der Waals surface area contributed by atoms with Crippen LogP contribution in [0.15, 0.2) is 66.7 Å². The summed E-state index contributed by atoms with van der Waals surface area (Å²) in [6.45, 7) is 3.54. The van der Waals surface area contributed by atoms with E-state index in [1.807, 2.05) is 38.1 Å². The Balaban J connectivity index is 1.63. The number of aryl methyl sites for hydroxylation is 1. The van der Waals surface area contributed by atoms with Gasteiger partial charge in [0.1, 0.15) is 24.1 Å². The van der Waals surface area contributed by atoms with Crippen LogP contribution in [0.3, 0.4) is 0 Å². The van der Waals surface area contributed by atoms with E-state index >= 15 is 0 Å². The molecule has 39 heavy (non-hydrogen) atoms. The topological polar surface area (TPSA) is 105 Å². The van der Waals surface area contributed by atoms with Gasteiger partial charge < -0.3 is 19.7 Å². The first kappa shape index (κ1) is 27.4. The van der Waals surface area contributed by atoms with Gasteiger partial charge in [-0.25, -0.2) is 0 Å². The Labute approximate surface area is 227 Å². The fraction of sp³-hybridized carbons (Fsp3) is 0.267. The number of nitrogens with zero attached hydrogens (tertiary/aromatic N) is 2. The number of benzene rings is 3. The van der Waals surface area contributed by atoms with Gasteiger partial charge in [-0.15, -0.1) is 0 Å². The van der Waals surface area contributed by atoms with Gasteiger partial charge in [0.25, 0.3) is 11.7 Å². The second-order valence-electron chi connectivity index (χ2n) is 9.22. The monoisotopic (exact) mass is 529 g/mol. The third-order valence-corrected chi connectivity index (χ3v) is 6.70. The average Bonchev–Trinajstić information content (AvgIpc) is 3.19. The number of Topliss-reactive ketones (excluding diaryl/α,β-unsaturated/α-hetero) is 1. The molecular weight excluding hydrogens is 498 g/mol. The molecule has 9 nitrogen and oxygen atoms in total. The summed E-state index contributed by atoms with van der Waals surface area (Å²) < 4.78 is 10.6. The Bertz CT molecular complexity index is 1400. The zero-order valence-corrected chi connectivity index (χ0v) is 22.4. The highest BCUT2D eigenvalue weighted by molar-refractivity contribution is 6.52. The minimum Gasteiger partial charge on any atom is -0.497 e. The van der Waals surface area contributed by atoms with E-state index in [0.717, 1.165) is 11.1 Å². The minimum absolute atomic E-state index is 0.141. The number of para-hydroxylation sites is 1. The van der Waals surface area contributed by atoms with Crippen molar-refractivity contribution in [3.8, 4) is 11.5 Å². The van der Waals surface area contributed by atoms with E-state index in [2.05, 4.69) is 5.32 Å². The second kappa shape index (κ2) is 11.8. The van der Waals surface area contributed by atoms with Gasteiger partial charge in [-0.2, -0.15) is 0 Å². The lowest BCUT2D eigenvalue weighted by Gasteiger charge is -2.32. The molecule has 0 aromatic heterocycles. The Kier molecular flexibility index (Phi) is 8.29. The van der Waals surface area contributed by atoms with Gasteiger partial charge >= 0.3 is 0 Å². The first-order chi connectivity index (χ1) is 18.8. The molecule has 3 aromatic rings. The summed E-state index contributed by atoms with van der Waals surface area (Å²) in [5.74, 6) is -1.31. The molecule has 0 saturated heterocycles. The fourth-order valence-electron chi connectivity index (χ4n) is 4.56. The van der Waals surface area contributed by atoms with Crippen LogP contribution in [0.5, 0.6) is 11.5 Å². The van der Waals surface area contributed by atoms with Crippen LogP contribution in [0.4, 0.5) is 11.4 Å². The molecule has 9 heteroatoms. The maximum atomic E-state index is 13.8. The Morgan fingerprint density at radius 3 is 2.36 bits per heavy atom. The number of hydrogen-bond acceptors (Lipinski definition) is 6. The van der Waals surface area contributed by atoms with Crippen LogP contribution in [-0.4, -0.2) is 55.2 Å². The molecule has 1 atom stereocenters. The van der Waals surface area contributed by atoms with Crippen LogP contribution in [0.2, 0.25) is 0 Å². The molecule has 0 bridgehead atoms. The number of rotatable bonds is 10. The summed E-state index contributed by atoms with van der Waals surface area (Å²) in [5, 5.41) is 2.87. The predicted octanol–water partition coefficient (Wildman–Crippen LogP) is 3.99. The molecule has 0 spiro atoms. The molecule has 1 heterocycles. The van der Waals surface area contributed by atoms with Crippen molar-refractivity contribution in [3.05, 3.63) is 83.4 Å². The van der Waals surface area contributed by atoms with Crippen LogP contribution >= 0.6 is 0 Å². The smallest absolute Gasteiger partial charge is 0.299 e. The molecule has 0 saturated carbocycles. The van der Waals surface area contributed by atoms with E-state index < -0.39 is 29.5 Å². The zero-order valence-electron chi connectivity index (χ0n) is 22.4. The van der Waals surface area contributed by atoms with Crippen LogP contribution in [0, 0.1) is 6.92 Å². The molecule has 1 aliphatic rings. The molecule has 3 aromatic carbocycles. The summed E-state index contributed by atoms with van der Waals surface area (Å²) in [6.07, 6.45) is 0.311. The zero-order chi connectivity index (χ0) is 28.1. The normalized spacial score (nSPS) is 13.1. The van der Waals surface area contributed by atoms with E-state index in [1.54, 1.807) is 42.5 Å². The highest BCUT2D eigenvalue weighted by atomic mass is 16.5. The van der Waals surface area contributed by atoms with Gasteiger partial charge in [-0.3, -0.25) is 24.1 Å². The maximum absolute atomic E-state index is 13.8. The lowest BCUT2D eigenvalue weighted by atomic mass is 10.1. The molecule has 1 N–H and O–H groups in total. The second-order valence-corrected chi connectivity index (χ2v) is 9.22. The van der Waals surface area contributed by atoms with Gasteiger partial charge in [0.2, 0.25) is 11.8 Å². The molecule has 0 fully saturated rings. The van der Waals surface area contributed by atoms with E-state index in [0.29, 0.717) is 29.3 Å². The number of amides is 3. The summed E-state index contributed by atoms with van der Waals surface area (Å²) in [4.78, 5) is 55.3. The van der Waals surface area contributed by atoms with Crippen LogP contribution < -0.4 is 19.7 Å². The lowest BCUT2D eigenvalue weighted by molar-refractivity contribution is -0.138. The standard InChI is InChI=1S/C30H31N3O6/c1-5-24(29(36)31-23-15-14-21(38-3)16-26(23)39-4)32(17-20-12-10-19(2)11-13-20)27(34)18-33-25-9-7-6-8-22(25)28(35)30(33)37/h6-16,24H,5,17-18H2,1-4H3,(H,31,36). The highest BCUT2D eigenvalue weighted by Crippen LogP contribution is 2.31. The van der Waals surface area contributed by atoms with Crippen molar-refractivity contribution in [3.63, 3.8) is 0 Å². The summed E-state index contributed by atoms with van der Waals surface area (Å²) in [6, 6.07) is 18.4. The lowest BCUT2D eigenvalue weighted by Crippen LogP contribution is -2.50. The average molecular weight is 530 g/mol. The summed E-state index contributed by atoms with van der Waals surface area (Å²) in [5.41, 5.74) is 2.96. The van der Waals surface area contributed by atoms with Gasteiger partial charge in [0.15, 0.2) is 0 Å². The number of ketones is 1. The minimum atomic E-state index is -0.866. The summed E-state index contributed by atoms with van der Waals surface area (Å²) >= 11 is 0. The molecule has 1 aliphatic heterocycles. The van der Waals surface area contributed by atoms with Gasteiger partial charge in [-0.1, -0.05) is 48.9 Å². The summed E-state index contributed by atoms with van der Waals surface area (Å²) in [7, 11) is 3.02. The number of anilines is 2. The van der Waals surface area contributed by atoms with Gasteiger partial charge in [-0.05, 0) is 43.2 Å². The predicted molar refractivity (Wildman–Crippen MR) is 147 cm³/mol. The Hall–Kier alpha value is -4.66. The first-order valence-electron chi connectivity index (χ1n) is 12.6. The fourth-order valence-corrected chi connectivity index (χ4v) is 4.56. The molecule has 4 rings (SSSR count). The number of carbonyl (C=O) groups is 4. The number of fused-ring (bicyclic) bond motifs is 1. The van der Waals surface area contributed by atoms with E-state index in [4.69, 9.17) is 9.47 Å². The third kappa shape index (κ3) is 5.77. The van der Waals surface area contributed by atoms with E-state index in [9.17, 15) is 19.2 Å². The van der Waals surface area contributed by atoms with Gasteiger partial charge in [0, 0.05) is 12.6 Å². The van der Waals surface area contributed by atoms with Crippen molar-refractivity contribution in [1.82, 2.24) is 4.90 Å². The number of hydrogen-bond donors (Lipinski definition) is 1. The number of carbonyl (C=O) groups excluding carboxylic acids is 4. The number of ether oxygens (including phenoxy) is 2. The molecule has 202 valence electrons. The van der Waals surface area contributed by atoms with Crippen LogP contribution in [-0.2, 0) is 20.9 Å². The Morgan fingerprint density at radius 1 is 0.974 bits per heavy atom. The van der Waals surface area contributed by atoms with Crippen molar-refractivity contribution in [2.45, 2.75) is 32.9 Å². The van der Waals surface area contributed by atoms with E-state index in [1.165, 1.54) is 24.0 Å². The third-order valence-electron chi connectivity index (χ3n) is 6.70. The van der Waals surface area contributed by atoms with E-state index in [-0.39, 0.29) is 18.7 Å². The maximum Gasteiger partial charge on any atom is 0.299 e.